The Morgan fingerprint density at radius 2 is 2.25 bits per heavy atom. The average Bonchev–Trinajstić information content (AvgIpc) is 3.40. The van der Waals surface area contributed by atoms with E-state index in [4.69, 9.17) is 9.05 Å². The molecule has 1 aromatic carbocycles. The van der Waals surface area contributed by atoms with Crippen LogP contribution < -0.4 is 0 Å². The van der Waals surface area contributed by atoms with Crippen molar-refractivity contribution in [1.29, 1.82) is 0 Å². The van der Waals surface area contributed by atoms with Crippen molar-refractivity contribution in [3.05, 3.63) is 47.9 Å². The van der Waals surface area contributed by atoms with E-state index in [1.807, 2.05) is 36.1 Å². The summed E-state index contributed by atoms with van der Waals surface area (Å²) in [5, 5.41) is 7.97. The maximum atomic E-state index is 12.6. The molecule has 0 spiro atoms. The first-order chi connectivity index (χ1) is 13.7. The van der Waals surface area contributed by atoms with Crippen LogP contribution in [0.3, 0.4) is 0 Å². The van der Waals surface area contributed by atoms with E-state index in [9.17, 15) is 4.79 Å². The van der Waals surface area contributed by atoms with E-state index in [1.165, 1.54) is 6.39 Å². The maximum Gasteiger partial charge on any atom is 0.226 e. The predicted molar refractivity (Wildman–Crippen MR) is 100 cm³/mol. The van der Waals surface area contributed by atoms with Crippen LogP contribution in [0.5, 0.6) is 0 Å². The Balaban J connectivity index is 1.27. The summed E-state index contributed by atoms with van der Waals surface area (Å²) < 4.78 is 10.2. The molecule has 4 rings (SSSR count). The molecule has 8 nitrogen and oxygen atoms in total. The van der Waals surface area contributed by atoms with E-state index >= 15 is 0 Å². The summed E-state index contributed by atoms with van der Waals surface area (Å²) in [6.07, 6.45) is 5.00. The van der Waals surface area contributed by atoms with Crippen LogP contribution in [0, 0.1) is 6.92 Å². The first-order valence-corrected chi connectivity index (χ1v) is 9.63. The van der Waals surface area contributed by atoms with Crippen molar-refractivity contribution < 1.29 is 13.8 Å². The molecular formula is C20H23N5O3. The SMILES string of the molecule is Cc1cccc(-c2noc(CCCC(=O)N3CCC[C@@H](c4ncon4)C3)n2)c1. The molecule has 0 N–H and O–H groups in total. The fraction of sp³-hybridized carbons (Fsp3) is 0.450. The number of aromatic nitrogens is 4. The maximum absolute atomic E-state index is 12.6. The number of likely N-dealkylation sites (tertiary alicyclic amines) is 1. The lowest BCUT2D eigenvalue weighted by molar-refractivity contribution is -0.132. The molecule has 8 heteroatoms. The van der Waals surface area contributed by atoms with Crippen LogP contribution in [0.4, 0.5) is 0 Å². The standard InChI is InChI=1S/C20H23N5O3/c1-14-5-2-6-15(11-14)20-22-17(28-24-20)8-3-9-18(26)25-10-4-7-16(12-25)19-21-13-27-23-19/h2,5-6,11,13,16H,3-4,7-10,12H2,1H3/t16-/m1/s1. The molecule has 0 bridgehead atoms. The third-order valence-electron chi connectivity index (χ3n) is 5.04. The first kappa shape index (κ1) is 18.3. The van der Waals surface area contributed by atoms with Crippen molar-refractivity contribution in [1.82, 2.24) is 25.2 Å². The Morgan fingerprint density at radius 3 is 3.07 bits per heavy atom. The Kier molecular flexibility index (Phi) is 5.45. The normalized spacial score (nSPS) is 17.0. The molecule has 28 heavy (non-hydrogen) atoms. The summed E-state index contributed by atoms with van der Waals surface area (Å²) in [6, 6.07) is 7.98. The zero-order valence-electron chi connectivity index (χ0n) is 15.9. The molecule has 0 saturated carbocycles. The third kappa shape index (κ3) is 4.27. The van der Waals surface area contributed by atoms with E-state index in [1.54, 1.807) is 0 Å². The van der Waals surface area contributed by atoms with Gasteiger partial charge in [-0.2, -0.15) is 9.97 Å². The number of benzene rings is 1. The van der Waals surface area contributed by atoms with Gasteiger partial charge in [0.1, 0.15) is 0 Å². The summed E-state index contributed by atoms with van der Waals surface area (Å²) in [6.45, 7) is 3.46. The highest BCUT2D eigenvalue weighted by atomic mass is 16.5. The minimum Gasteiger partial charge on any atom is -0.343 e. The van der Waals surface area contributed by atoms with E-state index in [0.717, 1.165) is 30.5 Å². The number of nitrogens with zero attached hydrogens (tertiary/aromatic N) is 5. The Morgan fingerprint density at radius 1 is 1.32 bits per heavy atom. The second-order valence-corrected chi connectivity index (χ2v) is 7.20. The number of amides is 1. The Labute approximate surface area is 162 Å². The van der Waals surface area contributed by atoms with Crippen molar-refractivity contribution in [2.24, 2.45) is 0 Å². The molecule has 1 aliphatic heterocycles. The molecule has 1 saturated heterocycles. The summed E-state index contributed by atoms with van der Waals surface area (Å²) in [4.78, 5) is 23.0. The molecule has 1 fully saturated rings. The van der Waals surface area contributed by atoms with Gasteiger partial charge in [-0.05, 0) is 32.3 Å². The topological polar surface area (TPSA) is 98.2 Å². The van der Waals surface area contributed by atoms with Gasteiger partial charge < -0.3 is 13.9 Å². The van der Waals surface area contributed by atoms with Crippen molar-refractivity contribution >= 4 is 5.91 Å². The molecule has 2 aromatic heterocycles. The number of hydrogen-bond donors (Lipinski definition) is 0. The van der Waals surface area contributed by atoms with Gasteiger partial charge in [-0.3, -0.25) is 4.79 Å². The summed E-state index contributed by atoms with van der Waals surface area (Å²) in [5.74, 6) is 2.14. The highest BCUT2D eigenvalue weighted by Gasteiger charge is 2.27. The highest BCUT2D eigenvalue weighted by molar-refractivity contribution is 5.76. The summed E-state index contributed by atoms with van der Waals surface area (Å²) in [7, 11) is 0. The largest absolute Gasteiger partial charge is 0.343 e. The molecule has 1 atom stereocenters. The predicted octanol–water partition coefficient (Wildman–Crippen LogP) is 3.16. The number of rotatable bonds is 6. The Bertz CT molecular complexity index is 922. The van der Waals surface area contributed by atoms with Crippen molar-refractivity contribution in [3.63, 3.8) is 0 Å². The minimum atomic E-state index is 0.145. The van der Waals surface area contributed by atoms with E-state index in [2.05, 4.69) is 20.3 Å². The smallest absolute Gasteiger partial charge is 0.226 e. The quantitative estimate of drug-likeness (QED) is 0.647. The van der Waals surface area contributed by atoms with Crippen LogP contribution in [0.25, 0.3) is 11.4 Å². The lowest BCUT2D eigenvalue weighted by atomic mass is 9.97. The van der Waals surface area contributed by atoms with Gasteiger partial charge in [-0.15, -0.1) is 0 Å². The number of piperidine rings is 1. The minimum absolute atomic E-state index is 0.145. The van der Waals surface area contributed by atoms with Crippen molar-refractivity contribution in [3.8, 4) is 11.4 Å². The van der Waals surface area contributed by atoms with Gasteiger partial charge in [0.25, 0.3) is 0 Å². The second kappa shape index (κ2) is 8.33. The van der Waals surface area contributed by atoms with E-state index < -0.39 is 0 Å². The van der Waals surface area contributed by atoms with Crippen molar-refractivity contribution in [2.45, 2.75) is 44.9 Å². The van der Waals surface area contributed by atoms with Crippen LogP contribution >= 0.6 is 0 Å². The van der Waals surface area contributed by atoms with Crippen LogP contribution in [0.1, 0.15) is 48.9 Å². The molecule has 3 heterocycles. The molecule has 0 radical (unpaired) electrons. The van der Waals surface area contributed by atoms with Crippen molar-refractivity contribution in [2.75, 3.05) is 13.1 Å². The van der Waals surface area contributed by atoms with Crippen LogP contribution in [0.2, 0.25) is 0 Å². The second-order valence-electron chi connectivity index (χ2n) is 7.20. The molecule has 1 aliphatic rings. The monoisotopic (exact) mass is 381 g/mol. The average molecular weight is 381 g/mol. The fourth-order valence-electron chi connectivity index (χ4n) is 3.58. The van der Waals surface area contributed by atoms with E-state index in [0.29, 0.717) is 43.3 Å². The number of carbonyl (C=O) groups is 1. The zero-order chi connectivity index (χ0) is 19.3. The lowest BCUT2D eigenvalue weighted by Crippen LogP contribution is -2.39. The molecule has 146 valence electrons. The van der Waals surface area contributed by atoms with Gasteiger partial charge in [-0.1, -0.05) is 34.1 Å². The van der Waals surface area contributed by atoms with E-state index in [-0.39, 0.29) is 11.8 Å². The van der Waals surface area contributed by atoms with Crippen LogP contribution in [-0.4, -0.2) is 44.2 Å². The molecular weight excluding hydrogens is 358 g/mol. The fourth-order valence-corrected chi connectivity index (χ4v) is 3.58. The van der Waals surface area contributed by atoms with Crippen LogP contribution in [0.15, 0.2) is 39.7 Å². The highest BCUT2D eigenvalue weighted by Crippen LogP contribution is 2.25. The van der Waals surface area contributed by atoms with Crippen LogP contribution in [-0.2, 0) is 11.2 Å². The summed E-state index contributed by atoms with van der Waals surface area (Å²) >= 11 is 0. The lowest BCUT2D eigenvalue weighted by Gasteiger charge is -2.31. The van der Waals surface area contributed by atoms with Gasteiger partial charge in [0.15, 0.2) is 5.82 Å². The molecule has 3 aromatic rings. The van der Waals surface area contributed by atoms with Gasteiger partial charge >= 0.3 is 0 Å². The van der Waals surface area contributed by atoms with Gasteiger partial charge in [-0.25, -0.2) is 0 Å². The van der Waals surface area contributed by atoms with Gasteiger partial charge in [0.2, 0.25) is 24.0 Å². The third-order valence-corrected chi connectivity index (χ3v) is 5.04. The van der Waals surface area contributed by atoms with Gasteiger partial charge in [0.05, 0.1) is 0 Å². The molecule has 0 unspecified atom stereocenters. The number of carbonyl (C=O) groups excluding carboxylic acids is 1. The Hall–Kier alpha value is -3.03. The first-order valence-electron chi connectivity index (χ1n) is 9.63. The molecule has 0 aliphatic carbocycles. The number of aryl methyl sites for hydroxylation is 2. The summed E-state index contributed by atoms with van der Waals surface area (Å²) in [5.41, 5.74) is 2.09. The zero-order valence-corrected chi connectivity index (χ0v) is 15.9. The van der Waals surface area contributed by atoms with Gasteiger partial charge in [0, 0.05) is 37.4 Å². The molecule has 1 amide bonds. The number of hydrogen-bond acceptors (Lipinski definition) is 7.